The summed E-state index contributed by atoms with van der Waals surface area (Å²) in [6.07, 6.45) is 0.202. The molecule has 0 aromatic rings. The molecule has 0 spiro atoms. The molecule has 0 bridgehead atoms. The molecule has 0 aliphatic rings. The fourth-order valence-electron chi connectivity index (χ4n) is 0.249. The van der Waals surface area contributed by atoms with Gasteiger partial charge in [-0.05, 0) is 6.04 Å². The van der Waals surface area contributed by atoms with E-state index in [9.17, 15) is 4.79 Å². The molecule has 0 atom stereocenters. The lowest BCUT2D eigenvalue weighted by molar-refractivity contribution is -0.136. The summed E-state index contributed by atoms with van der Waals surface area (Å²) in [5.41, 5.74) is 0. The maximum Gasteiger partial charge on any atom is 0.303 e. The Kier molecular flexibility index (Phi) is 4.61. The van der Waals surface area contributed by atoms with E-state index in [4.69, 9.17) is 5.11 Å². The van der Waals surface area contributed by atoms with E-state index in [0.29, 0.717) is 6.04 Å². The SMILES string of the molecule is O=C(O)CC[Si](Br)(Br)Br. The van der Waals surface area contributed by atoms with Gasteiger partial charge in [0, 0.05) is 6.42 Å². The molecule has 0 aromatic carbocycles. The van der Waals surface area contributed by atoms with Crippen LogP contribution < -0.4 is 0 Å². The van der Waals surface area contributed by atoms with Crippen LogP contribution in [0.4, 0.5) is 0 Å². The maximum atomic E-state index is 10.0. The van der Waals surface area contributed by atoms with Crippen LogP contribution in [0.15, 0.2) is 0 Å². The van der Waals surface area contributed by atoms with Crippen LogP contribution in [-0.2, 0) is 4.79 Å². The van der Waals surface area contributed by atoms with Gasteiger partial charge in [0.2, 0.25) is 0 Å². The van der Waals surface area contributed by atoms with Crippen molar-refractivity contribution in [3.63, 3.8) is 0 Å². The molecular weight excluding hydrogens is 336 g/mol. The number of carboxylic acid groups (broad SMARTS) is 1. The highest BCUT2D eigenvalue weighted by molar-refractivity contribution is 9.72. The second-order valence-corrected chi connectivity index (χ2v) is 25.0. The van der Waals surface area contributed by atoms with Crippen molar-refractivity contribution in [3.05, 3.63) is 0 Å². The molecule has 1 N–H and O–H groups in total. The largest absolute Gasteiger partial charge is 0.481 e. The van der Waals surface area contributed by atoms with Crippen LogP contribution in [-0.4, -0.2) is 15.0 Å². The van der Waals surface area contributed by atoms with E-state index >= 15 is 0 Å². The second kappa shape index (κ2) is 4.10. The number of hydrogen-bond acceptors (Lipinski definition) is 1. The fourth-order valence-corrected chi connectivity index (χ4v) is 2.53. The van der Waals surface area contributed by atoms with E-state index in [1.807, 2.05) is 0 Å². The van der Waals surface area contributed by atoms with Crippen LogP contribution in [0.1, 0.15) is 6.42 Å². The summed E-state index contributed by atoms with van der Waals surface area (Å²) in [5, 5.41) is 8.24. The fraction of sp³-hybridized carbons (Fsp3) is 0.667. The summed E-state index contributed by atoms with van der Waals surface area (Å²) in [6, 6.07) is 0.641. The predicted octanol–water partition coefficient (Wildman–Crippen LogP) is 2.58. The first-order chi connectivity index (χ1) is 3.92. The van der Waals surface area contributed by atoms with Gasteiger partial charge in [0.25, 0.3) is 3.93 Å². The van der Waals surface area contributed by atoms with Crippen molar-refractivity contribution in [1.82, 2.24) is 0 Å². The van der Waals surface area contributed by atoms with Gasteiger partial charge in [-0.25, -0.2) is 0 Å². The van der Waals surface area contributed by atoms with Gasteiger partial charge in [0.15, 0.2) is 0 Å². The minimum Gasteiger partial charge on any atom is -0.481 e. The normalized spacial score (nSPS) is 11.4. The van der Waals surface area contributed by atoms with Crippen molar-refractivity contribution in [2.75, 3.05) is 0 Å². The summed E-state index contributed by atoms with van der Waals surface area (Å²) in [6.45, 7) is 0. The van der Waals surface area contributed by atoms with Gasteiger partial charge < -0.3 is 5.11 Å². The molecule has 0 heterocycles. The number of rotatable bonds is 3. The third kappa shape index (κ3) is 9.13. The smallest absolute Gasteiger partial charge is 0.303 e. The lowest BCUT2D eigenvalue weighted by atomic mass is 10.5. The van der Waals surface area contributed by atoms with Gasteiger partial charge in [-0.3, -0.25) is 4.79 Å². The zero-order valence-electron chi connectivity index (χ0n) is 4.40. The Morgan fingerprint density at radius 3 is 2.00 bits per heavy atom. The molecular formula is C3H5Br3O2Si. The molecule has 0 unspecified atom stereocenters. The molecule has 0 amide bonds. The first-order valence-corrected chi connectivity index (χ1v) is 11.2. The van der Waals surface area contributed by atoms with Gasteiger partial charge in [-0.15, -0.1) is 0 Å². The third-order valence-corrected chi connectivity index (χ3v) is 5.01. The Hall–Kier alpha value is 1.13. The van der Waals surface area contributed by atoms with Crippen LogP contribution in [0.5, 0.6) is 0 Å². The molecule has 54 valence electrons. The Morgan fingerprint density at radius 2 is 1.89 bits per heavy atom. The predicted molar refractivity (Wildman–Crippen MR) is 49.6 cm³/mol. The van der Waals surface area contributed by atoms with Crippen LogP contribution in [0, 0.1) is 0 Å². The van der Waals surface area contributed by atoms with Crippen LogP contribution in [0.2, 0.25) is 6.04 Å². The van der Waals surface area contributed by atoms with Crippen LogP contribution in [0.25, 0.3) is 0 Å². The molecule has 9 heavy (non-hydrogen) atoms. The molecule has 0 rings (SSSR count). The Morgan fingerprint density at radius 1 is 1.44 bits per heavy atom. The first kappa shape index (κ1) is 10.1. The zero-order valence-corrected chi connectivity index (χ0v) is 10.2. The molecule has 6 heteroatoms. The molecule has 0 aromatic heterocycles. The average molecular weight is 341 g/mol. The standard InChI is InChI=1S/C3H5Br3O2Si/c4-9(5,6)2-1-3(7)8/h1-2H2,(H,7,8). The Balaban J connectivity index is 3.39. The van der Waals surface area contributed by atoms with Gasteiger partial charge in [-0.2, -0.15) is 0 Å². The Bertz CT molecular complexity index is 110. The highest BCUT2D eigenvalue weighted by Gasteiger charge is 2.22. The molecule has 0 aliphatic carbocycles. The first-order valence-electron chi connectivity index (χ1n) is 2.20. The quantitative estimate of drug-likeness (QED) is 0.633. The monoisotopic (exact) mass is 338 g/mol. The van der Waals surface area contributed by atoms with Crippen LogP contribution >= 0.6 is 45.9 Å². The van der Waals surface area contributed by atoms with Crippen molar-refractivity contribution in [3.8, 4) is 0 Å². The summed E-state index contributed by atoms with van der Waals surface area (Å²) < 4.78 is -1.66. The molecule has 2 nitrogen and oxygen atoms in total. The summed E-state index contributed by atoms with van der Waals surface area (Å²) in [7, 11) is 0. The topological polar surface area (TPSA) is 37.3 Å². The highest BCUT2D eigenvalue weighted by Crippen LogP contribution is 2.32. The number of halogens is 3. The average Bonchev–Trinajstić information content (AvgIpc) is 1.59. The minimum atomic E-state index is -1.66. The second-order valence-electron chi connectivity index (χ2n) is 1.51. The summed E-state index contributed by atoms with van der Waals surface area (Å²) >= 11 is 9.95. The van der Waals surface area contributed by atoms with E-state index in [2.05, 4.69) is 45.9 Å². The molecule has 0 saturated heterocycles. The van der Waals surface area contributed by atoms with E-state index in [-0.39, 0.29) is 6.42 Å². The molecule has 0 aliphatic heterocycles. The van der Waals surface area contributed by atoms with E-state index in [0.717, 1.165) is 0 Å². The van der Waals surface area contributed by atoms with E-state index in [1.54, 1.807) is 0 Å². The number of hydrogen-bond donors (Lipinski definition) is 1. The third-order valence-electron chi connectivity index (χ3n) is 0.622. The van der Waals surface area contributed by atoms with Crippen molar-refractivity contribution < 1.29 is 9.90 Å². The van der Waals surface area contributed by atoms with Crippen molar-refractivity contribution >= 4 is 55.8 Å². The van der Waals surface area contributed by atoms with Gasteiger partial charge >= 0.3 is 5.97 Å². The zero-order chi connectivity index (χ0) is 7.49. The summed E-state index contributed by atoms with van der Waals surface area (Å²) in [5.74, 6) is -0.759. The lowest BCUT2D eigenvalue weighted by Crippen LogP contribution is -2.08. The molecule has 0 saturated carbocycles. The summed E-state index contributed by atoms with van der Waals surface area (Å²) in [4.78, 5) is 10.0. The molecule has 0 radical (unpaired) electrons. The highest BCUT2D eigenvalue weighted by atomic mass is 80.0. The number of aliphatic carboxylic acids is 1. The van der Waals surface area contributed by atoms with Gasteiger partial charge in [-0.1, -0.05) is 45.9 Å². The van der Waals surface area contributed by atoms with E-state index < -0.39 is 9.90 Å². The van der Waals surface area contributed by atoms with Gasteiger partial charge in [0.05, 0.1) is 0 Å². The van der Waals surface area contributed by atoms with Gasteiger partial charge in [0.1, 0.15) is 0 Å². The maximum absolute atomic E-state index is 10.0. The lowest BCUT2D eigenvalue weighted by Gasteiger charge is -2.04. The Labute approximate surface area is 77.8 Å². The van der Waals surface area contributed by atoms with Crippen LogP contribution in [0.3, 0.4) is 0 Å². The van der Waals surface area contributed by atoms with Crippen molar-refractivity contribution in [1.29, 1.82) is 0 Å². The van der Waals surface area contributed by atoms with Crippen molar-refractivity contribution in [2.45, 2.75) is 12.5 Å². The number of carboxylic acids is 1. The minimum absolute atomic E-state index is 0.202. The van der Waals surface area contributed by atoms with E-state index in [1.165, 1.54) is 0 Å². The number of carbonyl (C=O) groups is 1. The van der Waals surface area contributed by atoms with Crippen molar-refractivity contribution in [2.24, 2.45) is 0 Å². The molecule has 0 fully saturated rings.